The number of hydrogen-bond donors (Lipinski definition) is 1. The monoisotopic (exact) mass is 186 g/mol. The summed E-state index contributed by atoms with van der Waals surface area (Å²) in [7, 11) is 0. The Labute approximate surface area is 76.9 Å². The van der Waals surface area contributed by atoms with Crippen LogP contribution in [0.1, 0.15) is 6.42 Å². The maximum absolute atomic E-state index is 11.2. The second-order valence-corrected chi connectivity index (χ2v) is 4.56. The van der Waals surface area contributed by atoms with Gasteiger partial charge >= 0.3 is 6.03 Å². The molecule has 1 atom stereocenters. The minimum absolute atomic E-state index is 0.131. The number of nitrogens with zero attached hydrogens (tertiary/aromatic N) is 1. The van der Waals surface area contributed by atoms with Crippen LogP contribution in [0.3, 0.4) is 0 Å². The molecule has 0 aromatic heterocycles. The molecule has 0 aromatic carbocycles. The standard InChI is InChI=1S/C8H14N2OS/c11-8-9-2-3-10(8)5-7-1-4-12-6-7/h7H,1-6H2,(H,9,11). The van der Waals surface area contributed by atoms with Crippen LogP contribution in [0.15, 0.2) is 0 Å². The van der Waals surface area contributed by atoms with Crippen molar-refractivity contribution in [2.45, 2.75) is 6.42 Å². The summed E-state index contributed by atoms with van der Waals surface area (Å²) in [6.07, 6.45) is 1.29. The summed E-state index contributed by atoms with van der Waals surface area (Å²) in [5.41, 5.74) is 0. The predicted molar refractivity (Wildman–Crippen MR) is 50.4 cm³/mol. The molecule has 2 aliphatic heterocycles. The van der Waals surface area contributed by atoms with Crippen molar-refractivity contribution in [3.05, 3.63) is 0 Å². The lowest BCUT2D eigenvalue weighted by molar-refractivity contribution is 0.211. The molecule has 2 fully saturated rings. The number of carbonyl (C=O) groups excluding carboxylic acids is 1. The highest BCUT2D eigenvalue weighted by Crippen LogP contribution is 2.24. The number of carbonyl (C=O) groups is 1. The van der Waals surface area contributed by atoms with Gasteiger partial charge in [-0.3, -0.25) is 0 Å². The summed E-state index contributed by atoms with van der Waals surface area (Å²) in [5, 5.41) is 2.82. The third-order valence-electron chi connectivity index (χ3n) is 2.45. The van der Waals surface area contributed by atoms with E-state index in [1.165, 1.54) is 17.9 Å². The van der Waals surface area contributed by atoms with Gasteiger partial charge in [-0.05, 0) is 23.8 Å². The first-order chi connectivity index (χ1) is 5.86. The van der Waals surface area contributed by atoms with Crippen molar-refractivity contribution in [1.82, 2.24) is 10.2 Å². The fraction of sp³-hybridized carbons (Fsp3) is 0.875. The highest BCUT2D eigenvalue weighted by Gasteiger charge is 2.24. The second-order valence-electron chi connectivity index (χ2n) is 3.41. The van der Waals surface area contributed by atoms with Gasteiger partial charge in [-0.25, -0.2) is 4.79 Å². The van der Waals surface area contributed by atoms with Crippen LogP contribution in [0.2, 0.25) is 0 Å². The number of nitrogens with one attached hydrogen (secondary N) is 1. The first-order valence-electron chi connectivity index (χ1n) is 4.47. The average Bonchev–Trinajstić information content (AvgIpc) is 2.65. The Balaban J connectivity index is 1.81. The first-order valence-corrected chi connectivity index (χ1v) is 5.62. The SMILES string of the molecule is O=C1NCCN1CC1CCSC1. The summed E-state index contributed by atoms with van der Waals surface area (Å²) in [5.74, 6) is 3.27. The van der Waals surface area contributed by atoms with Gasteiger partial charge in [-0.1, -0.05) is 0 Å². The van der Waals surface area contributed by atoms with E-state index in [0.717, 1.165) is 25.6 Å². The number of thioether (sulfide) groups is 1. The van der Waals surface area contributed by atoms with Gasteiger partial charge in [-0.15, -0.1) is 0 Å². The molecule has 2 aliphatic rings. The van der Waals surface area contributed by atoms with Gasteiger partial charge in [0.1, 0.15) is 0 Å². The minimum atomic E-state index is 0.131. The molecule has 0 saturated carbocycles. The van der Waals surface area contributed by atoms with E-state index in [-0.39, 0.29) is 6.03 Å². The second kappa shape index (κ2) is 3.56. The van der Waals surface area contributed by atoms with E-state index in [9.17, 15) is 4.79 Å². The zero-order valence-corrected chi connectivity index (χ0v) is 7.90. The lowest BCUT2D eigenvalue weighted by atomic mass is 10.1. The lowest BCUT2D eigenvalue weighted by Crippen LogP contribution is -2.32. The molecule has 0 aromatic rings. The van der Waals surface area contributed by atoms with E-state index in [1.54, 1.807) is 0 Å². The van der Waals surface area contributed by atoms with Crippen LogP contribution < -0.4 is 5.32 Å². The van der Waals surface area contributed by atoms with Gasteiger partial charge in [0.15, 0.2) is 0 Å². The maximum Gasteiger partial charge on any atom is 0.317 e. The van der Waals surface area contributed by atoms with Crippen molar-refractivity contribution < 1.29 is 4.79 Å². The molecule has 0 bridgehead atoms. The molecular weight excluding hydrogens is 172 g/mol. The van der Waals surface area contributed by atoms with Crippen LogP contribution in [0.5, 0.6) is 0 Å². The van der Waals surface area contributed by atoms with E-state index in [1.807, 2.05) is 16.7 Å². The Bertz CT molecular complexity index is 180. The number of hydrogen-bond acceptors (Lipinski definition) is 2. The smallest absolute Gasteiger partial charge is 0.317 e. The van der Waals surface area contributed by atoms with Crippen molar-refractivity contribution in [3.8, 4) is 0 Å². The van der Waals surface area contributed by atoms with E-state index in [0.29, 0.717) is 0 Å². The van der Waals surface area contributed by atoms with Crippen LogP contribution in [0, 0.1) is 5.92 Å². The molecule has 1 unspecified atom stereocenters. The molecule has 12 heavy (non-hydrogen) atoms. The molecule has 2 rings (SSSR count). The fourth-order valence-corrected chi connectivity index (χ4v) is 3.00. The van der Waals surface area contributed by atoms with Crippen LogP contribution in [0.25, 0.3) is 0 Å². The number of amides is 2. The Morgan fingerprint density at radius 2 is 2.58 bits per heavy atom. The molecule has 2 heterocycles. The zero-order chi connectivity index (χ0) is 8.39. The molecule has 1 N–H and O–H groups in total. The molecule has 4 heteroatoms. The maximum atomic E-state index is 11.2. The highest BCUT2D eigenvalue weighted by atomic mass is 32.2. The van der Waals surface area contributed by atoms with Gasteiger partial charge in [0.25, 0.3) is 0 Å². The quantitative estimate of drug-likeness (QED) is 0.690. The predicted octanol–water partition coefficient (Wildman–Crippen LogP) is 0.765. The molecule has 0 radical (unpaired) electrons. The average molecular weight is 186 g/mol. The lowest BCUT2D eigenvalue weighted by Gasteiger charge is -2.17. The van der Waals surface area contributed by atoms with Crippen LogP contribution in [-0.4, -0.2) is 42.1 Å². The summed E-state index contributed by atoms with van der Waals surface area (Å²) < 4.78 is 0. The molecular formula is C8H14N2OS. The van der Waals surface area contributed by atoms with E-state index < -0.39 is 0 Å². The Kier molecular flexibility index (Phi) is 2.44. The number of rotatable bonds is 2. The third-order valence-corrected chi connectivity index (χ3v) is 3.68. The van der Waals surface area contributed by atoms with Crippen molar-refractivity contribution >= 4 is 17.8 Å². The van der Waals surface area contributed by atoms with Gasteiger partial charge < -0.3 is 10.2 Å². The summed E-state index contributed by atoms with van der Waals surface area (Å²) in [6.45, 7) is 2.71. The Morgan fingerprint density at radius 1 is 1.67 bits per heavy atom. The zero-order valence-electron chi connectivity index (χ0n) is 7.08. The molecule has 2 amide bonds. The minimum Gasteiger partial charge on any atom is -0.336 e. The van der Waals surface area contributed by atoms with Gasteiger partial charge in [0.05, 0.1) is 0 Å². The van der Waals surface area contributed by atoms with Gasteiger partial charge in [0.2, 0.25) is 0 Å². The van der Waals surface area contributed by atoms with Gasteiger partial charge in [0, 0.05) is 19.6 Å². The van der Waals surface area contributed by atoms with E-state index in [4.69, 9.17) is 0 Å². The highest BCUT2D eigenvalue weighted by molar-refractivity contribution is 7.99. The van der Waals surface area contributed by atoms with Gasteiger partial charge in [-0.2, -0.15) is 11.8 Å². The third kappa shape index (κ3) is 1.68. The van der Waals surface area contributed by atoms with E-state index in [2.05, 4.69) is 5.32 Å². The molecule has 0 aliphatic carbocycles. The first kappa shape index (κ1) is 8.23. The topological polar surface area (TPSA) is 32.3 Å². The van der Waals surface area contributed by atoms with Crippen molar-refractivity contribution in [2.75, 3.05) is 31.1 Å². The molecule has 2 saturated heterocycles. The largest absolute Gasteiger partial charge is 0.336 e. The summed E-state index contributed by atoms with van der Waals surface area (Å²) in [4.78, 5) is 13.1. The summed E-state index contributed by atoms with van der Waals surface area (Å²) in [6, 6.07) is 0.131. The van der Waals surface area contributed by atoms with Crippen LogP contribution >= 0.6 is 11.8 Å². The normalized spacial score (nSPS) is 29.5. The Morgan fingerprint density at radius 3 is 3.17 bits per heavy atom. The van der Waals surface area contributed by atoms with Crippen molar-refractivity contribution in [2.24, 2.45) is 5.92 Å². The molecule has 3 nitrogen and oxygen atoms in total. The van der Waals surface area contributed by atoms with Crippen LogP contribution in [0.4, 0.5) is 4.79 Å². The van der Waals surface area contributed by atoms with Crippen molar-refractivity contribution in [3.63, 3.8) is 0 Å². The van der Waals surface area contributed by atoms with E-state index >= 15 is 0 Å². The molecule has 0 spiro atoms. The fourth-order valence-electron chi connectivity index (χ4n) is 1.72. The Hall–Kier alpha value is -0.380. The molecule has 68 valence electrons. The van der Waals surface area contributed by atoms with Crippen molar-refractivity contribution in [1.29, 1.82) is 0 Å². The number of urea groups is 1. The van der Waals surface area contributed by atoms with Crippen LogP contribution in [-0.2, 0) is 0 Å². The summed E-state index contributed by atoms with van der Waals surface area (Å²) >= 11 is 2.01.